The Morgan fingerprint density at radius 1 is 1.12 bits per heavy atom. The van der Waals surface area contributed by atoms with Gasteiger partial charge in [-0.3, -0.25) is 19.5 Å². The average molecular weight is 454 g/mol. The van der Waals surface area contributed by atoms with Crippen LogP contribution in [0.25, 0.3) is 5.69 Å². The van der Waals surface area contributed by atoms with E-state index in [9.17, 15) is 18.8 Å². The average Bonchev–Trinajstić information content (AvgIpc) is 3.16. The largest absolute Gasteiger partial charge is 0.334 e. The Labute approximate surface area is 186 Å². The number of carbonyl (C=O) groups excluding carboxylic acids is 3. The van der Waals surface area contributed by atoms with E-state index in [0.717, 1.165) is 5.69 Å². The Bertz CT molecular complexity index is 1120. The third-order valence-corrected chi connectivity index (χ3v) is 5.55. The first kappa shape index (κ1) is 21.5. The summed E-state index contributed by atoms with van der Waals surface area (Å²) >= 11 is 1.19. The molecule has 0 spiro atoms. The molecule has 1 atom stereocenters. The molecule has 32 heavy (non-hydrogen) atoms. The number of amides is 4. The zero-order valence-electron chi connectivity index (χ0n) is 16.7. The number of aromatic nitrogens is 3. The number of imide groups is 1. The molecule has 0 saturated carbocycles. The second kappa shape index (κ2) is 9.60. The third kappa shape index (κ3) is 5.30. The van der Waals surface area contributed by atoms with Crippen molar-refractivity contribution in [1.82, 2.24) is 25.4 Å². The molecule has 4 amide bonds. The second-order valence-electron chi connectivity index (χ2n) is 7.04. The van der Waals surface area contributed by atoms with Crippen LogP contribution in [0, 0.1) is 5.82 Å². The number of rotatable bonds is 7. The van der Waals surface area contributed by atoms with Gasteiger partial charge in [0, 0.05) is 30.3 Å². The molecule has 1 aromatic heterocycles. The summed E-state index contributed by atoms with van der Waals surface area (Å²) in [6, 6.07) is 13.9. The van der Waals surface area contributed by atoms with Gasteiger partial charge in [0.1, 0.15) is 11.6 Å². The lowest BCUT2D eigenvalue weighted by atomic mass is 10.1. The predicted molar refractivity (Wildman–Crippen MR) is 116 cm³/mol. The molecule has 3 aromatic rings. The molecule has 1 fully saturated rings. The Hall–Kier alpha value is -3.73. The fourth-order valence-electron chi connectivity index (χ4n) is 3.24. The minimum Gasteiger partial charge on any atom is -0.334 e. The van der Waals surface area contributed by atoms with E-state index in [-0.39, 0.29) is 29.8 Å². The van der Waals surface area contributed by atoms with Crippen molar-refractivity contribution in [2.45, 2.75) is 24.0 Å². The lowest BCUT2D eigenvalue weighted by Crippen LogP contribution is -2.53. The number of para-hydroxylation sites is 1. The van der Waals surface area contributed by atoms with Crippen molar-refractivity contribution >= 4 is 35.3 Å². The van der Waals surface area contributed by atoms with Crippen LogP contribution >= 0.6 is 11.8 Å². The van der Waals surface area contributed by atoms with Crippen molar-refractivity contribution in [3.63, 3.8) is 0 Å². The van der Waals surface area contributed by atoms with Gasteiger partial charge in [0.05, 0.1) is 5.75 Å². The summed E-state index contributed by atoms with van der Waals surface area (Å²) < 4.78 is 14.8. The van der Waals surface area contributed by atoms with Crippen LogP contribution in [0.3, 0.4) is 0 Å². The van der Waals surface area contributed by atoms with Gasteiger partial charge in [0.2, 0.25) is 11.8 Å². The van der Waals surface area contributed by atoms with Gasteiger partial charge in [-0.25, -0.2) is 9.18 Å². The summed E-state index contributed by atoms with van der Waals surface area (Å²) in [6.07, 6.45) is 0.430. The summed E-state index contributed by atoms with van der Waals surface area (Å²) in [5, 5.41) is 16.6. The van der Waals surface area contributed by atoms with Crippen LogP contribution in [0.15, 0.2) is 59.8 Å². The number of hydrogen-bond acceptors (Lipinski definition) is 6. The van der Waals surface area contributed by atoms with Crippen molar-refractivity contribution in [3.05, 3.63) is 66.2 Å². The standard InChI is InChI=1S/C21H19FN6O3S/c22-13-6-8-14(9-7-13)23-19(30)12-32-21-27-26-17(28(21)16-4-2-1-3-5-16)10-15-11-18(29)25-20(31)24-15/h1-9,15H,10-12H2,(H,23,30)(H2,24,25,29,31). The van der Waals surface area contributed by atoms with Gasteiger partial charge >= 0.3 is 6.03 Å². The van der Waals surface area contributed by atoms with E-state index in [1.807, 2.05) is 30.3 Å². The van der Waals surface area contributed by atoms with E-state index in [2.05, 4.69) is 26.1 Å². The van der Waals surface area contributed by atoms with Gasteiger partial charge in [0.15, 0.2) is 5.16 Å². The Balaban J connectivity index is 1.50. The predicted octanol–water partition coefficient (Wildman–Crippen LogP) is 2.28. The molecular weight excluding hydrogens is 435 g/mol. The molecule has 0 aliphatic carbocycles. The molecule has 1 aliphatic rings. The molecular formula is C21H19FN6O3S. The van der Waals surface area contributed by atoms with Gasteiger partial charge in [-0.05, 0) is 36.4 Å². The molecule has 0 bridgehead atoms. The molecule has 4 rings (SSSR count). The number of hydrogen-bond donors (Lipinski definition) is 3. The number of benzene rings is 2. The number of carbonyl (C=O) groups is 3. The maximum Gasteiger partial charge on any atom is 0.321 e. The lowest BCUT2D eigenvalue weighted by Gasteiger charge is -2.23. The number of nitrogens with zero attached hydrogens (tertiary/aromatic N) is 3. The van der Waals surface area contributed by atoms with E-state index in [4.69, 9.17) is 0 Å². The Morgan fingerprint density at radius 3 is 2.59 bits per heavy atom. The van der Waals surface area contributed by atoms with E-state index in [0.29, 0.717) is 23.1 Å². The van der Waals surface area contributed by atoms with Crippen molar-refractivity contribution in [2.24, 2.45) is 0 Å². The summed E-state index contributed by atoms with van der Waals surface area (Å²) in [5.74, 6) is -0.394. The fourth-order valence-corrected chi connectivity index (χ4v) is 4.01. The van der Waals surface area contributed by atoms with Gasteiger partial charge < -0.3 is 10.6 Å². The third-order valence-electron chi connectivity index (χ3n) is 4.62. The van der Waals surface area contributed by atoms with Crippen LogP contribution in [0.4, 0.5) is 14.9 Å². The van der Waals surface area contributed by atoms with Crippen molar-refractivity contribution < 1.29 is 18.8 Å². The minimum absolute atomic E-state index is 0.0604. The monoisotopic (exact) mass is 454 g/mol. The van der Waals surface area contributed by atoms with Crippen LogP contribution in [0.1, 0.15) is 12.2 Å². The molecule has 1 unspecified atom stereocenters. The first-order chi connectivity index (χ1) is 15.5. The molecule has 164 valence electrons. The number of nitrogens with one attached hydrogen (secondary N) is 3. The first-order valence-corrected chi connectivity index (χ1v) is 10.7. The number of thioether (sulfide) groups is 1. The SMILES string of the molecule is O=C1CC(Cc2nnc(SCC(=O)Nc3ccc(F)cc3)n2-c2ccccc2)NC(=O)N1. The normalized spacial score (nSPS) is 15.7. The van der Waals surface area contributed by atoms with Crippen LogP contribution in [-0.2, 0) is 16.0 Å². The molecule has 1 saturated heterocycles. The van der Waals surface area contributed by atoms with Crippen molar-refractivity contribution in [3.8, 4) is 5.69 Å². The van der Waals surface area contributed by atoms with Gasteiger partial charge in [-0.15, -0.1) is 10.2 Å². The molecule has 2 aromatic carbocycles. The van der Waals surface area contributed by atoms with Crippen molar-refractivity contribution in [1.29, 1.82) is 0 Å². The summed E-state index contributed by atoms with van der Waals surface area (Å²) in [5.41, 5.74) is 1.29. The Kier molecular flexibility index (Phi) is 6.45. The zero-order chi connectivity index (χ0) is 22.5. The van der Waals surface area contributed by atoms with Crippen LogP contribution in [0.2, 0.25) is 0 Å². The highest BCUT2D eigenvalue weighted by molar-refractivity contribution is 7.99. The minimum atomic E-state index is -0.538. The maximum absolute atomic E-state index is 13.0. The van der Waals surface area contributed by atoms with Crippen LogP contribution < -0.4 is 16.0 Å². The summed E-state index contributed by atoms with van der Waals surface area (Å²) in [6.45, 7) is 0. The molecule has 3 N–H and O–H groups in total. The molecule has 9 nitrogen and oxygen atoms in total. The highest BCUT2D eigenvalue weighted by atomic mass is 32.2. The first-order valence-electron chi connectivity index (χ1n) is 9.76. The lowest BCUT2D eigenvalue weighted by molar-refractivity contribution is -0.121. The fraction of sp³-hybridized carbons (Fsp3) is 0.190. The maximum atomic E-state index is 13.0. The van der Waals surface area contributed by atoms with Crippen molar-refractivity contribution in [2.75, 3.05) is 11.1 Å². The Morgan fingerprint density at radius 2 is 1.88 bits per heavy atom. The number of anilines is 1. The number of urea groups is 1. The van der Waals surface area contributed by atoms with Gasteiger partial charge in [-0.2, -0.15) is 0 Å². The molecule has 1 aliphatic heterocycles. The summed E-state index contributed by atoms with van der Waals surface area (Å²) in [4.78, 5) is 35.7. The van der Waals surface area contributed by atoms with Gasteiger partial charge in [-0.1, -0.05) is 30.0 Å². The smallest absolute Gasteiger partial charge is 0.321 e. The number of halogens is 1. The quantitative estimate of drug-likeness (QED) is 0.472. The molecule has 11 heteroatoms. The van der Waals surface area contributed by atoms with Crippen LogP contribution in [-0.4, -0.2) is 44.4 Å². The zero-order valence-corrected chi connectivity index (χ0v) is 17.6. The van der Waals surface area contributed by atoms with E-state index in [1.165, 1.54) is 36.0 Å². The molecule has 0 radical (unpaired) electrons. The highest BCUT2D eigenvalue weighted by Gasteiger charge is 2.27. The van der Waals surface area contributed by atoms with E-state index in [1.54, 1.807) is 4.57 Å². The highest BCUT2D eigenvalue weighted by Crippen LogP contribution is 2.23. The summed E-state index contributed by atoms with van der Waals surface area (Å²) in [7, 11) is 0. The van der Waals surface area contributed by atoms with Crippen LogP contribution in [0.5, 0.6) is 0 Å². The molecule has 2 heterocycles. The van der Waals surface area contributed by atoms with E-state index < -0.39 is 12.1 Å². The second-order valence-corrected chi connectivity index (χ2v) is 7.98. The van der Waals surface area contributed by atoms with E-state index >= 15 is 0 Å². The van der Waals surface area contributed by atoms with Gasteiger partial charge in [0.25, 0.3) is 0 Å². The topological polar surface area (TPSA) is 118 Å².